The normalized spacial score (nSPS) is 10.7. The Balaban J connectivity index is 2.14. The number of hydrogen-bond acceptors (Lipinski definition) is 0. The summed E-state index contributed by atoms with van der Waals surface area (Å²) in [5.74, 6) is 0. The Morgan fingerprint density at radius 1 is 0.550 bits per heavy atom. The third kappa shape index (κ3) is 2.92. The van der Waals surface area contributed by atoms with Crippen LogP contribution >= 0.6 is 15.9 Å². The van der Waals surface area contributed by atoms with E-state index in [1.54, 1.807) is 0 Å². The average Bonchev–Trinajstić information content (AvgIpc) is 2.50. The van der Waals surface area contributed by atoms with Crippen LogP contribution in [0.25, 0.3) is 0 Å². The van der Waals surface area contributed by atoms with E-state index in [1.807, 2.05) is 0 Å². The fourth-order valence-corrected chi connectivity index (χ4v) is 5.58. The third-order valence-electron chi connectivity index (χ3n) is 3.24. The van der Waals surface area contributed by atoms with Gasteiger partial charge in [0.15, 0.2) is 8.80 Å². The summed E-state index contributed by atoms with van der Waals surface area (Å²) in [7, 11) is -0.929. The first-order valence-corrected chi connectivity index (χ1v) is 8.87. The quantitative estimate of drug-likeness (QED) is 0.509. The van der Waals surface area contributed by atoms with Crippen LogP contribution in [0.5, 0.6) is 0 Å². The molecule has 1 radical (unpaired) electrons. The molecule has 0 bridgehead atoms. The highest BCUT2D eigenvalue weighted by Crippen LogP contribution is 2.06. The molecule has 3 aromatic carbocycles. The molecule has 0 heterocycles. The maximum absolute atomic E-state index is 3.59. The second-order valence-corrected chi connectivity index (χ2v) is 8.02. The predicted molar refractivity (Wildman–Crippen MR) is 91.7 cm³/mol. The highest BCUT2D eigenvalue weighted by atomic mass is 79.9. The van der Waals surface area contributed by atoms with Gasteiger partial charge in [-0.3, -0.25) is 0 Å². The molecule has 2 heteroatoms. The Kier molecular flexibility index (Phi) is 4.14. The molecule has 20 heavy (non-hydrogen) atoms. The van der Waals surface area contributed by atoms with Gasteiger partial charge in [0, 0.05) is 4.47 Å². The Morgan fingerprint density at radius 2 is 1.05 bits per heavy atom. The van der Waals surface area contributed by atoms with Crippen molar-refractivity contribution in [2.24, 2.45) is 0 Å². The Morgan fingerprint density at radius 3 is 1.55 bits per heavy atom. The summed E-state index contributed by atoms with van der Waals surface area (Å²) < 4.78 is 1.14. The lowest BCUT2D eigenvalue weighted by Crippen LogP contribution is -2.51. The summed E-state index contributed by atoms with van der Waals surface area (Å²) in [6.07, 6.45) is 0. The molecule has 97 valence electrons. The molecule has 0 saturated carbocycles. The van der Waals surface area contributed by atoms with Crippen LogP contribution in [0.2, 0.25) is 0 Å². The average molecular weight is 338 g/mol. The van der Waals surface area contributed by atoms with Gasteiger partial charge in [-0.25, -0.2) is 0 Å². The standard InChI is InChI=1S/C18H14BrSi/c19-15-8-7-13-18(14-15)20(16-9-3-1-4-10-16)17-11-5-2-6-12-17/h1-14H. The summed E-state index contributed by atoms with van der Waals surface area (Å²) in [5, 5.41) is 4.24. The van der Waals surface area contributed by atoms with Crippen molar-refractivity contribution < 1.29 is 0 Å². The number of halogens is 1. The molecule has 0 fully saturated rings. The molecule has 3 rings (SSSR count). The summed E-state index contributed by atoms with van der Waals surface area (Å²) >= 11 is 3.59. The van der Waals surface area contributed by atoms with Crippen molar-refractivity contribution >= 4 is 40.3 Å². The number of hydrogen-bond donors (Lipinski definition) is 0. The molecular weight excluding hydrogens is 324 g/mol. The van der Waals surface area contributed by atoms with Gasteiger partial charge >= 0.3 is 0 Å². The van der Waals surface area contributed by atoms with Crippen LogP contribution in [0, 0.1) is 0 Å². The van der Waals surface area contributed by atoms with Crippen molar-refractivity contribution in [2.75, 3.05) is 0 Å². The van der Waals surface area contributed by atoms with Crippen molar-refractivity contribution in [3.63, 3.8) is 0 Å². The first-order chi connectivity index (χ1) is 9.84. The smallest absolute Gasteiger partial charge is 0.0624 e. The molecule has 0 nitrogen and oxygen atoms in total. The van der Waals surface area contributed by atoms with Crippen LogP contribution in [0.3, 0.4) is 0 Å². The van der Waals surface area contributed by atoms with Crippen LogP contribution < -0.4 is 15.6 Å². The van der Waals surface area contributed by atoms with Gasteiger partial charge in [0.05, 0.1) is 0 Å². The Hall–Kier alpha value is -1.64. The minimum absolute atomic E-state index is 0.929. The maximum atomic E-state index is 3.59. The monoisotopic (exact) mass is 337 g/mol. The minimum atomic E-state index is -0.929. The molecule has 0 aliphatic rings. The van der Waals surface area contributed by atoms with E-state index in [2.05, 4.69) is 101 Å². The van der Waals surface area contributed by atoms with E-state index >= 15 is 0 Å². The molecule has 0 aliphatic heterocycles. The van der Waals surface area contributed by atoms with E-state index in [-0.39, 0.29) is 0 Å². The van der Waals surface area contributed by atoms with Crippen molar-refractivity contribution in [3.05, 3.63) is 89.4 Å². The van der Waals surface area contributed by atoms with Crippen LogP contribution in [0.15, 0.2) is 89.4 Å². The third-order valence-corrected chi connectivity index (χ3v) is 6.44. The molecule has 0 aliphatic carbocycles. The zero-order chi connectivity index (χ0) is 13.8. The van der Waals surface area contributed by atoms with E-state index in [0.29, 0.717) is 0 Å². The summed E-state index contributed by atoms with van der Waals surface area (Å²) in [6.45, 7) is 0. The highest BCUT2D eigenvalue weighted by molar-refractivity contribution is 9.10. The molecule has 0 spiro atoms. The van der Waals surface area contributed by atoms with Gasteiger partial charge in [0.1, 0.15) is 0 Å². The fraction of sp³-hybridized carbons (Fsp3) is 0. The van der Waals surface area contributed by atoms with Crippen LogP contribution in [0.1, 0.15) is 0 Å². The molecule has 0 aromatic heterocycles. The van der Waals surface area contributed by atoms with Gasteiger partial charge < -0.3 is 0 Å². The lowest BCUT2D eigenvalue weighted by molar-refractivity contribution is 1.68. The predicted octanol–water partition coefficient (Wildman–Crippen LogP) is 2.97. The van der Waals surface area contributed by atoms with Gasteiger partial charge in [-0.1, -0.05) is 99.1 Å². The van der Waals surface area contributed by atoms with Gasteiger partial charge in [-0.2, -0.15) is 0 Å². The van der Waals surface area contributed by atoms with Crippen LogP contribution in [0.4, 0.5) is 0 Å². The largest absolute Gasteiger partial charge is 0.154 e. The first kappa shape index (κ1) is 13.3. The molecule has 0 saturated heterocycles. The number of benzene rings is 3. The molecule has 0 atom stereocenters. The van der Waals surface area contributed by atoms with E-state index in [1.165, 1.54) is 15.6 Å². The summed E-state index contributed by atoms with van der Waals surface area (Å²) in [5.41, 5.74) is 0. The fourth-order valence-electron chi connectivity index (χ4n) is 2.35. The van der Waals surface area contributed by atoms with Crippen LogP contribution in [-0.4, -0.2) is 8.80 Å². The maximum Gasteiger partial charge on any atom is 0.154 e. The summed E-state index contributed by atoms with van der Waals surface area (Å²) in [6, 6.07) is 30.3. The van der Waals surface area contributed by atoms with E-state index in [4.69, 9.17) is 0 Å². The minimum Gasteiger partial charge on any atom is -0.0624 e. The number of rotatable bonds is 3. The molecule has 0 amide bonds. The SMILES string of the molecule is Brc1cccc([Si](c2ccccc2)c2ccccc2)c1. The summed E-state index contributed by atoms with van der Waals surface area (Å²) in [4.78, 5) is 0. The lowest BCUT2D eigenvalue weighted by Gasteiger charge is -2.16. The topological polar surface area (TPSA) is 0 Å². The zero-order valence-corrected chi connectivity index (χ0v) is 13.5. The van der Waals surface area contributed by atoms with Crippen molar-refractivity contribution in [3.8, 4) is 0 Å². The van der Waals surface area contributed by atoms with Gasteiger partial charge in [-0.15, -0.1) is 0 Å². The van der Waals surface area contributed by atoms with E-state index < -0.39 is 8.80 Å². The van der Waals surface area contributed by atoms with Crippen LogP contribution in [-0.2, 0) is 0 Å². The van der Waals surface area contributed by atoms with E-state index in [9.17, 15) is 0 Å². The van der Waals surface area contributed by atoms with Crippen molar-refractivity contribution in [1.29, 1.82) is 0 Å². The Labute approximate surface area is 129 Å². The van der Waals surface area contributed by atoms with E-state index in [0.717, 1.165) is 4.47 Å². The lowest BCUT2D eigenvalue weighted by atomic mass is 10.3. The van der Waals surface area contributed by atoms with Gasteiger partial charge in [0.25, 0.3) is 0 Å². The zero-order valence-electron chi connectivity index (χ0n) is 11.0. The highest BCUT2D eigenvalue weighted by Gasteiger charge is 2.19. The second-order valence-electron chi connectivity index (χ2n) is 4.62. The molecular formula is C18H14BrSi. The second kappa shape index (κ2) is 6.20. The van der Waals surface area contributed by atoms with Crippen molar-refractivity contribution in [2.45, 2.75) is 0 Å². The molecule has 0 N–H and O–H groups in total. The van der Waals surface area contributed by atoms with Crippen molar-refractivity contribution in [1.82, 2.24) is 0 Å². The van der Waals surface area contributed by atoms with Gasteiger partial charge in [-0.05, 0) is 17.3 Å². The Bertz CT molecular complexity index is 641. The molecule has 3 aromatic rings. The molecule has 0 unspecified atom stereocenters. The first-order valence-electron chi connectivity index (χ1n) is 6.58. The van der Waals surface area contributed by atoms with Gasteiger partial charge in [0.2, 0.25) is 0 Å².